The van der Waals surface area contributed by atoms with Crippen molar-refractivity contribution in [1.82, 2.24) is 25.5 Å². The van der Waals surface area contributed by atoms with E-state index in [2.05, 4.69) is 124 Å². The third kappa shape index (κ3) is 5.05. The molecule has 0 unspecified atom stereocenters. The van der Waals surface area contributed by atoms with Crippen LogP contribution < -0.4 is 5.32 Å². The normalized spacial score (nSPS) is 11.4. The molecular formula is C30H29N5. The van der Waals surface area contributed by atoms with Crippen molar-refractivity contribution in [3.8, 4) is 0 Å². The first kappa shape index (κ1) is 22.7. The largest absolute Gasteiger partial charge is 0.300 e. The van der Waals surface area contributed by atoms with Gasteiger partial charge >= 0.3 is 0 Å². The lowest BCUT2D eigenvalue weighted by molar-refractivity contribution is 0.461. The summed E-state index contributed by atoms with van der Waals surface area (Å²) in [5, 5.41) is 16.4. The van der Waals surface area contributed by atoms with E-state index in [1.165, 1.54) is 22.3 Å². The van der Waals surface area contributed by atoms with Crippen molar-refractivity contribution in [3.05, 3.63) is 149 Å². The standard InChI is InChI=1S/C30H29N5/c1-5-14-25(15-6-1)24-35-29(32-33-34-35)22-13-23-31-30(26-16-7-2-8-17-26,27-18-9-3-10-19-27)28-20-11-4-12-21-28/h1-12,14-21,31H,13,22-24H2. The molecule has 1 N–H and O–H groups in total. The zero-order chi connectivity index (χ0) is 23.8. The number of tetrazole rings is 1. The van der Waals surface area contributed by atoms with E-state index >= 15 is 0 Å². The molecule has 0 spiro atoms. The quantitative estimate of drug-likeness (QED) is 0.229. The highest BCUT2D eigenvalue weighted by Crippen LogP contribution is 2.36. The first-order chi connectivity index (χ1) is 17.4. The number of rotatable bonds is 10. The van der Waals surface area contributed by atoms with Gasteiger partial charge in [-0.05, 0) is 45.6 Å². The molecular weight excluding hydrogens is 430 g/mol. The summed E-state index contributed by atoms with van der Waals surface area (Å²) in [7, 11) is 0. The van der Waals surface area contributed by atoms with Crippen molar-refractivity contribution in [2.45, 2.75) is 24.9 Å². The van der Waals surface area contributed by atoms with Gasteiger partial charge in [0.25, 0.3) is 0 Å². The second-order valence-corrected chi connectivity index (χ2v) is 8.62. The molecule has 5 nitrogen and oxygen atoms in total. The lowest BCUT2D eigenvalue weighted by atomic mass is 9.77. The van der Waals surface area contributed by atoms with Crippen LogP contribution in [0.2, 0.25) is 0 Å². The van der Waals surface area contributed by atoms with E-state index in [0.29, 0.717) is 6.54 Å². The summed E-state index contributed by atoms with van der Waals surface area (Å²) in [5.41, 5.74) is 4.37. The summed E-state index contributed by atoms with van der Waals surface area (Å²) >= 11 is 0. The SMILES string of the molecule is c1ccc(Cn2nnnc2CCCNC(c2ccccc2)(c2ccccc2)c2ccccc2)cc1. The van der Waals surface area contributed by atoms with Gasteiger partial charge in [0.15, 0.2) is 5.82 Å². The number of hydrogen-bond donors (Lipinski definition) is 1. The predicted molar refractivity (Wildman–Crippen MR) is 139 cm³/mol. The number of aryl methyl sites for hydroxylation is 1. The van der Waals surface area contributed by atoms with Crippen molar-refractivity contribution < 1.29 is 0 Å². The third-order valence-electron chi connectivity index (χ3n) is 6.37. The highest BCUT2D eigenvalue weighted by Gasteiger charge is 2.35. The van der Waals surface area contributed by atoms with E-state index in [9.17, 15) is 0 Å². The molecule has 0 saturated heterocycles. The third-order valence-corrected chi connectivity index (χ3v) is 6.37. The number of nitrogens with one attached hydrogen (secondary N) is 1. The minimum Gasteiger partial charge on any atom is -0.300 e. The van der Waals surface area contributed by atoms with Gasteiger partial charge in [0.1, 0.15) is 0 Å². The Kier molecular flexibility index (Phi) is 7.06. The lowest BCUT2D eigenvalue weighted by Crippen LogP contribution is -2.45. The molecule has 0 aliphatic rings. The van der Waals surface area contributed by atoms with Gasteiger partial charge in [-0.15, -0.1) is 5.10 Å². The molecule has 0 aliphatic heterocycles. The Labute approximate surface area is 206 Å². The molecule has 1 aromatic heterocycles. The highest BCUT2D eigenvalue weighted by atomic mass is 15.5. The number of benzene rings is 4. The summed E-state index contributed by atoms with van der Waals surface area (Å²) in [6.07, 6.45) is 1.70. The summed E-state index contributed by atoms with van der Waals surface area (Å²) in [5.74, 6) is 0.903. The Balaban J connectivity index is 1.39. The second kappa shape index (κ2) is 10.9. The molecule has 5 rings (SSSR count). The minimum atomic E-state index is -0.459. The fourth-order valence-corrected chi connectivity index (χ4v) is 4.67. The molecule has 0 fully saturated rings. The second-order valence-electron chi connectivity index (χ2n) is 8.62. The van der Waals surface area contributed by atoms with Gasteiger partial charge in [-0.2, -0.15) is 0 Å². The van der Waals surface area contributed by atoms with Crippen LogP contribution in [0.4, 0.5) is 0 Å². The molecule has 0 aliphatic carbocycles. The van der Waals surface area contributed by atoms with Crippen molar-refractivity contribution in [2.24, 2.45) is 0 Å². The van der Waals surface area contributed by atoms with Crippen molar-refractivity contribution in [3.63, 3.8) is 0 Å². The average Bonchev–Trinajstić information content (AvgIpc) is 3.37. The van der Waals surface area contributed by atoms with E-state index in [1.807, 2.05) is 22.9 Å². The van der Waals surface area contributed by atoms with Gasteiger partial charge in [-0.1, -0.05) is 121 Å². The maximum atomic E-state index is 4.29. The summed E-state index contributed by atoms with van der Waals surface area (Å²) < 4.78 is 1.90. The van der Waals surface area contributed by atoms with Crippen LogP contribution in [0.5, 0.6) is 0 Å². The van der Waals surface area contributed by atoms with E-state index in [4.69, 9.17) is 0 Å². The average molecular weight is 460 g/mol. The van der Waals surface area contributed by atoms with Crippen LogP contribution in [0.3, 0.4) is 0 Å². The summed E-state index contributed by atoms with van der Waals surface area (Å²) in [6, 6.07) is 42.3. The number of nitrogens with zero attached hydrogens (tertiary/aromatic N) is 4. The zero-order valence-corrected chi connectivity index (χ0v) is 19.7. The van der Waals surface area contributed by atoms with Gasteiger partial charge in [0, 0.05) is 6.42 Å². The van der Waals surface area contributed by atoms with Gasteiger partial charge in [-0.25, -0.2) is 4.68 Å². The first-order valence-electron chi connectivity index (χ1n) is 12.1. The Morgan fingerprint density at radius 3 is 1.63 bits per heavy atom. The van der Waals surface area contributed by atoms with Gasteiger partial charge in [0.2, 0.25) is 0 Å². The molecule has 1 heterocycles. The monoisotopic (exact) mass is 459 g/mol. The molecule has 4 aromatic carbocycles. The first-order valence-corrected chi connectivity index (χ1v) is 12.1. The Morgan fingerprint density at radius 2 is 1.11 bits per heavy atom. The van der Waals surface area contributed by atoms with Crippen LogP contribution in [0, 0.1) is 0 Å². The van der Waals surface area contributed by atoms with Crippen LogP contribution in [-0.2, 0) is 18.5 Å². The molecule has 0 amide bonds. The van der Waals surface area contributed by atoms with E-state index in [-0.39, 0.29) is 0 Å². The fourth-order valence-electron chi connectivity index (χ4n) is 4.67. The molecule has 174 valence electrons. The molecule has 0 bridgehead atoms. The highest BCUT2D eigenvalue weighted by molar-refractivity contribution is 5.49. The molecule has 35 heavy (non-hydrogen) atoms. The smallest absolute Gasteiger partial charge is 0.151 e. The van der Waals surface area contributed by atoms with Crippen LogP contribution in [0.15, 0.2) is 121 Å². The summed E-state index contributed by atoms with van der Waals surface area (Å²) in [6.45, 7) is 1.48. The molecule has 5 heteroatoms. The van der Waals surface area contributed by atoms with Crippen LogP contribution in [0.25, 0.3) is 0 Å². The lowest BCUT2D eigenvalue weighted by Gasteiger charge is -2.37. The minimum absolute atomic E-state index is 0.459. The Bertz CT molecular complexity index is 1210. The van der Waals surface area contributed by atoms with Crippen LogP contribution in [-0.4, -0.2) is 26.8 Å². The predicted octanol–water partition coefficient (Wildman–Crippen LogP) is 5.24. The topological polar surface area (TPSA) is 55.6 Å². The maximum absolute atomic E-state index is 4.29. The molecule has 5 aromatic rings. The van der Waals surface area contributed by atoms with Crippen LogP contribution in [0.1, 0.15) is 34.5 Å². The fraction of sp³-hybridized carbons (Fsp3) is 0.167. The van der Waals surface area contributed by atoms with Gasteiger partial charge in [0.05, 0.1) is 12.1 Å². The van der Waals surface area contributed by atoms with E-state index < -0.39 is 5.54 Å². The van der Waals surface area contributed by atoms with E-state index in [0.717, 1.165) is 25.2 Å². The Morgan fingerprint density at radius 1 is 0.629 bits per heavy atom. The zero-order valence-electron chi connectivity index (χ0n) is 19.7. The van der Waals surface area contributed by atoms with E-state index in [1.54, 1.807) is 0 Å². The van der Waals surface area contributed by atoms with Crippen molar-refractivity contribution in [1.29, 1.82) is 0 Å². The molecule has 0 saturated carbocycles. The molecule has 0 atom stereocenters. The van der Waals surface area contributed by atoms with Gasteiger partial charge < -0.3 is 0 Å². The van der Waals surface area contributed by atoms with Crippen molar-refractivity contribution >= 4 is 0 Å². The van der Waals surface area contributed by atoms with Gasteiger partial charge in [-0.3, -0.25) is 5.32 Å². The summed E-state index contributed by atoms with van der Waals surface area (Å²) in [4.78, 5) is 0. The maximum Gasteiger partial charge on any atom is 0.151 e. The number of aromatic nitrogens is 4. The number of hydrogen-bond acceptors (Lipinski definition) is 4. The molecule has 0 radical (unpaired) electrons. The Hall–Kier alpha value is -4.09. The van der Waals surface area contributed by atoms with Crippen LogP contribution >= 0.6 is 0 Å². The van der Waals surface area contributed by atoms with Crippen molar-refractivity contribution in [2.75, 3.05) is 6.54 Å².